The summed E-state index contributed by atoms with van der Waals surface area (Å²) in [6, 6.07) is 7.47. The molecule has 0 aliphatic carbocycles. The van der Waals surface area contributed by atoms with Crippen LogP contribution in [0.3, 0.4) is 0 Å². The zero-order valence-corrected chi connectivity index (χ0v) is 12.2. The van der Waals surface area contributed by atoms with Crippen LogP contribution in [-0.2, 0) is 10.0 Å². The third-order valence-electron chi connectivity index (χ3n) is 3.35. The second kappa shape index (κ2) is 5.90. The molecule has 106 valence electrons. The number of hydrogen-bond donors (Lipinski definition) is 2. The SMILES string of the molecule is CN(C)S(=O)(=O)c1ccccc1NCC1CCCN1. The van der Waals surface area contributed by atoms with Gasteiger partial charge in [-0.25, -0.2) is 12.7 Å². The molecule has 1 aliphatic heterocycles. The quantitative estimate of drug-likeness (QED) is 0.849. The minimum Gasteiger partial charge on any atom is -0.382 e. The monoisotopic (exact) mass is 283 g/mol. The van der Waals surface area contributed by atoms with Gasteiger partial charge in [0.1, 0.15) is 4.90 Å². The van der Waals surface area contributed by atoms with E-state index in [0.717, 1.165) is 19.5 Å². The van der Waals surface area contributed by atoms with E-state index < -0.39 is 10.0 Å². The van der Waals surface area contributed by atoms with Crippen molar-refractivity contribution < 1.29 is 8.42 Å². The van der Waals surface area contributed by atoms with Crippen LogP contribution >= 0.6 is 0 Å². The molecule has 1 fully saturated rings. The zero-order chi connectivity index (χ0) is 13.9. The number of para-hydroxylation sites is 1. The lowest BCUT2D eigenvalue weighted by Crippen LogP contribution is -2.30. The molecule has 1 aliphatic rings. The third-order valence-corrected chi connectivity index (χ3v) is 5.22. The maximum absolute atomic E-state index is 12.2. The van der Waals surface area contributed by atoms with Crippen molar-refractivity contribution >= 4 is 15.7 Å². The number of nitrogens with one attached hydrogen (secondary N) is 2. The van der Waals surface area contributed by atoms with Gasteiger partial charge in [-0.05, 0) is 31.5 Å². The molecular weight excluding hydrogens is 262 g/mol. The molecule has 0 radical (unpaired) electrons. The van der Waals surface area contributed by atoms with Gasteiger partial charge in [-0.15, -0.1) is 0 Å². The molecule has 5 nitrogen and oxygen atoms in total. The van der Waals surface area contributed by atoms with Crippen LogP contribution in [0.1, 0.15) is 12.8 Å². The molecule has 19 heavy (non-hydrogen) atoms. The largest absolute Gasteiger partial charge is 0.382 e. The summed E-state index contributed by atoms with van der Waals surface area (Å²) in [5.41, 5.74) is 0.671. The molecule has 1 unspecified atom stereocenters. The molecule has 0 aromatic heterocycles. The molecule has 1 aromatic carbocycles. The van der Waals surface area contributed by atoms with Crippen LogP contribution < -0.4 is 10.6 Å². The summed E-state index contributed by atoms with van der Waals surface area (Å²) in [4.78, 5) is 0.331. The van der Waals surface area contributed by atoms with E-state index in [0.29, 0.717) is 16.6 Å². The highest BCUT2D eigenvalue weighted by Crippen LogP contribution is 2.23. The van der Waals surface area contributed by atoms with E-state index in [9.17, 15) is 8.42 Å². The smallest absolute Gasteiger partial charge is 0.244 e. The Morgan fingerprint density at radius 3 is 2.74 bits per heavy atom. The second-order valence-electron chi connectivity index (χ2n) is 4.96. The number of rotatable bonds is 5. The second-order valence-corrected chi connectivity index (χ2v) is 7.08. The molecule has 2 N–H and O–H groups in total. The lowest BCUT2D eigenvalue weighted by atomic mass is 10.2. The van der Waals surface area contributed by atoms with Gasteiger partial charge in [0.2, 0.25) is 10.0 Å². The number of nitrogens with zero attached hydrogens (tertiary/aromatic N) is 1. The van der Waals surface area contributed by atoms with Gasteiger partial charge in [0.25, 0.3) is 0 Å². The fourth-order valence-corrected chi connectivity index (χ4v) is 3.26. The normalized spacial score (nSPS) is 19.8. The first-order valence-corrected chi connectivity index (χ1v) is 7.94. The van der Waals surface area contributed by atoms with Gasteiger partial charge in [-0.2, -0.15) is 0 Å². The van der Waals surface area contributed by atoms with Crippen LogP contribution in [-0.4, -0.2) is 45.9 Å². The molecular formula is C13H21N3O2S. The van der Waals surface area contributed by atoms with Gasteiger partial charge in [0.05, 0.1) is 5.69 Å². The van der Waals surface area contributed by atoms with Crippen LogP contribution in [0.15, 0.2) is 29.2 Å². The Balaban J connectivity index is 2.16. The van der Waals surface area contributed by atoms with Gasteiger partial charge in [-0.3, -0.25) is 0 Å². The molecule has 6 heteroatoms. The number of benzene rings is 1. The zero-order valence-electron chi connectivity index (χ0n) is 11.4. The average molecular weight is 283 g/mol. The predicted molar refractivity (Wildman–Crippen MR) is 76.8 cm³/mol. The van der Waals surface area contributed by atoms with E-state index in [1.54, 1.807) is 26.2 Å². The molecule has 2 rings (SSSR count). The van der Waals surface area contributed by atoms with E-state index in [4.69, 9.17) is 0 Å². The molecule has 1 aromatic rings. The first-order valence-electron chi connectivity index (χ1n) is 6.50. The van der Waals surface area contributed by atoms with Gasteiger partial charge >= 0.3 is 0 Å². The molecule has 1 saturated heterocycles. The Bertz CT molecular complexity index is 522. The Labute approximate surface area is 115 Å². The Kier molecular flexibility index (Phi) is 4.44. The topological polar surface area (TPSA) is 61.4 Å². The van der Waals surface area contributed by atoms with Crippen LogP contribution in [0.4, 0.5) is 5.69 Å². The van der Waals surface area contributed by atoms with E-state index in [1.807, 2.05) is 12.1 Å². The summed E-state index contributed by atoms with van der Waals surface area (Å²) in [7, 11) is -0.310. The van der Waals surface area contributed by atoms with Crippen LogP contribution in [0.2, 0.25) is 0 Å². The summed E-state index contributed by atoms with van der Waals surface area (Å²) in [6.07, 6.45) is 2.32. The van der Waals surface area contributed by atoms with Crippen molar-refractivity contribution in [2.24, 2.45) is 0 Å². The first kappa shape index (κ1) is 14.3. The molecule has 0 amide bonds. The summed E-state index contributed by atoms with van der Waals surface area (Å²) in [5.74, 6) is 0. The van der Waals surface area contributed by atoms with Gasteiger partial charge < -0.3 is 10.6 Å². The lowest BCUT2D eigenvalue weighted by Gasteiger charge is -2.18. The van der Waals surface area contributed by atoms with Crippen LogP contribution in [0, 0.1) is 0 Å². The molecule has 1 heterocycles. The molecule has 1 atom stereocenters. The molecule has 0 bridgehead atoms. The van der Waals surface area contributed by atoms with Crippen molar-refractivity contribution in [2.75, 3.05) is 32.5 Å². The Morgan fingerprint density at radius 2 is 2.11 bits per heavy atom. The highest BCUT2D eigenvalue weighted by Gasteiger charge is 2.21. The fraction of sp³-hybridized carbons (Fsp3) is 0.538. The van der Waals surface area contributed by atoms with Crippen molar-refractivity contribution in [2.45, 2.75) is 23.8 Å². The van der Waals surface area contributed by atoms with Gasteiger partial charge in [-0.1, -0.05) is 12.1 Å². The minimum atomic E-state index is -3.40. The van der Waals surface area contributed by atoms with Crippen molar-refractivity contribution in [1.82, 2.24) is 9.62 Å². The third kappa shape index (κ3) is 3.26. The highest BCUT2D eigenvalue weighted by molar-refractivity contribution is 7.89. The Hall–Kier alpha value is -1.11. The molecule has 0 saturated carbocycles. The van der Waals surface area contributed by atoms with Gasteiger partial charge in [0.15, 0.2) is 0 Å². The van der Waals surface area contributed by atoms with Crippen LogP contribution in [0.25, 0.3) is 0 Å². The van der Waals surface area contributed by atoms with Gasteiger partial charge in [0, 0.05) is 26.7 Å². The summed E-state index contributed by atoms with van der Waals surface area (Å²) >= 11 is 0. The van der Waals surface area contributed by atoms with Crippen molar-refractivity contribution in [3.63, 3.8) is 0 Å². The van der Waals surface area contributed by atoms with E-state index in [1.165, 1.54) is 10.7 Å². The van der Waals surface area contributed by atoms with E-state index >= 15 is 0 Å². The predicted octanol–water partition coefficient (Wildman–Crippen LogP) is 1.10. The lowest BCUT2D eigenvalue weighted by molar-refractivity contribution is 0.521. The Morgan fingerprint density at radius 1 is 1.37 bits per heavy atom. The first-order chi connectivity index (χ1) is 9.01. The fourth-order valence-electron chi connectivity index (χ4n) is 2.20. The van der Waals surface area contributed by atoms with Crippen molar-refractivity contribution in [3.05, 3.63) is 24.3 Å². The van der Waals surface area contributed by atoms with E-state index in [-0.39, 0.29) is 0 Å². The average Bonchev–Trinajstić information content (AvgIpc) is 2.89. The highest BCUT2D eigenvalue weighted by atomic mass is 32.2. The number of sulfonamides is 1. The van der Waals surface area contributed by atoms with Crippen molar-refractivity contribution in [3.8, 4) is 0 Å². The minimum absolute atomic E-state index is 0.331. The van der Waals surface area contributed by atoms with Crippen molar-refractivity contribution in [1.29, 1.82) is 0 Å². The summed E-state index contributed by atoms with van der Waals surface area (Å²) < 4.78 is 25.7. The maximum Gasteiger partial charge on any atom is 0.244 e. The van der Waals surface area contributed by atoms with Crippen LogP contribution in [0.5, 0.6) is 0 Å². The maximum atomic E-state index is 12.2. The standard InChI is InChI=1S/C13H21N3O2S/c1-16(2)19(17,18)13-8-4-3-7-12(13)15-10-11-6-5-9-14-11/h3-4,7-8,11,14-15H,5-6,9-10H2,1-2H3. The summed E-state index contributed by atoms with van der Waals surface area (Å²) in [5, 5.41) is 6.63. The molecule has 0 spiro atoms. The number of anilines is 1. The van der Waals surface area contributed by atoms with E-state index in [2.05, 4.69) is 10.6 Å². The summed E-state index contributed by atoms with van der Waals surface area (Å²) in [6.45, 7) is 1.80. The number of hydrogen-bond acceptors (Lipinski definition) is 4.